The first-order valence-electron chi connectivity index (χ1n) is 4.74. The van der Waals surface area contributed by atoms with Crippen LogP contribution in [-0.4, -0.2) is 19.7 Å². The van der Waals surface area contributed by atoms with E-state index in [4.69, 9.17) is 9.47 Å². The van der Waals surface area contributed by atoms with Gasteiger partial charge < -0.3 is 9.47 Å². The summed E-state index contributed by atoms with van der Waals surface area (Å²) < 4.78 is 22.9. The largest absolute Gasteiger partial charge is 0.496 e. The van der Waals surface area contributed by atoms with Crippen LogP contribution in [0.1, 0.15) is 17.3 Å². The quantitative estimate of drug-likeness (QED) is 0.632. The summed E-state index contributed by atoms with van der Waals surface area (Å²) in [6, 6.07) is 3.99. The van der Waals surface area contributed by atoms with Gasteiger partial charge in [-0.1, -0.05) is 15.9 Å². The van der Waals surface area contributed by atoms with Gasteiger partial charge in [-0.2, -0.15) is 0 Å². The number of carbonyl (C=O) groups is 1. The Bertz CT molecular complexity index is 381. The highest BCUT2D eigenvalue weighted by molar-refractivity contribution is 9.09. The molecule has 3 nitrogen and oxygen atoms in total. The lowest BCUT2D eigenvalue weighted by atomic mass is 10.1. The van der Waals surface area contributed by atoms with E-state index < -0.39 is 16.6 Å². The zero-order valence-corrected chi connectivity index (χ0v) is 10.6. The molecule has 0 spiro atoms. The Hall–Kier alpha value is -1.10. The third-order valence-electron chi connectivity index (χ3n) is 1.96. The molecule has 0 bridgehead atoms. The van der Waals surface area contributed by atoms with Gasteiger partial charge in [-0.3, -0.25) is 4.79 Å². The van der Waals surface area contributed by atoms with Crippen molar-refractivity contribution in [1.82, 2.24) is 0 Å². The van der Waals surface area contributed by atoms with Gasteiger partial charge in [-0.15, -0.1) is 0 Å². The minimum Gasteiger partial charge on any atom is -0.496 e. The van der Waals surface area contributed by atoms with Gasteiger partial charge in [0.1, 0.15) is 16.4 Å². The highest BCUT2D eigenvalue weighted by Gasteiger charge is 2.22. The molecule has 1 unspecified atom stereocenters. The Morgan fingerprint density at radius 3 is 2.81 bits per heavy atom. The smallest absolute Gasteiger partial charge is 0.324 e. The summed E-state index contributed by atoms with van der Waals surface area (Å²) in [6.07, 6.45) is 0. The highest BCUT2D eigenvalue weighted by Crippen LogP contribution is 2.32. The van der Waals surface area contributed by atoms with Crippen LogP contribution in [0, 0.1) is 5.82 Å². The van der Waals surface area contributed by atoms with Gasteiger partial charge >= 0.3 is 5.97 Å². The average Bonchev–Trinajstić information content (AvgIpc) is 2.28. The Morgan fingerprint density at radius 1 is 1.56 bits per heavy atom. The molecule has 0 aliphatic rings. The monoisotopic (exact) mass is 290 g/mol. The van der Waals surface area contributed by atoms with Crippen LogP contribution < -0.4 is 4.74 Å². The fraction of sp³-hybridized carbons (Fsp3) is 0.364. The van der Waals surface area contributed by atoms with Crippen LogP contribution in [0.25, 0.3) is 0 Å². The van der Waals surface area contributed by atoms with E-state index in [1.54, 1.807) is 6.92 Å². The summed E-state index contributed by atoms with van der Waals surface area (Å²) in [7, 11) is 1.46. The predicted octanol–water partition coefficient (Wildman–Crippen LogP) is 2.83. The van der Waals surface area contributed by atoms with Crippen LogP contribution >= 0.6 is 15.9 Å². The molecule has 88 valence electrons. The Labute approximate surface area is 102 Å². The lowest BCUT2D eigenvalue weighted by molar-refractivity contribution is -0.142. The van der Waals surface area contributed by atoms with Gasteiger partial charge in [0.05, 0.1) is 13.7 Å². The maximum absolute atomic E-state index is 13.1. The van der Waals surface area contributed by atoms with Crippen LogP contribution in [0.15, 0.2) is 18.2 Å². The van der Waals surface area contributed by atoms with Crippen LogP contribution in [0.4, 0.5) is 4.39 Å². The van der Waals surface area contributed by atoms with E-state index in [1.807, 2.05) is 0 Å². The van der Waals surface area contributed by atoms with E-state index in [0.29, 0.717) is 11.3 Å². The van der Waals surface area contributed by atoms with Gasteiger partial charge in [-0.05, 0) is 25.1 Å². The maximum Gasteiger partial charge on any atom is 0.324 e. The van der Waals surface area contributed by atoms with Crippen molar-refractivity contribution in [3.05, 3.63) is 29.6 Å². The van der Waals surface area contributed by atoms with Crippen molar-refractivity contribution in [2.45, 2.75) is 11.8 Å². The number of ether oxygens (including phenoxy) is 2. The number of hydrogen-bond acceptors (Lipinski definition) is 3. The molecule has 0 aliphatic carbocycles. The second-order valence-electron chi connectivity index (χ2n) is 3.00. The van der Waals surface area contributed by atoms with E-state index in [1.165, 1.54) is 25.3 Å². The van der Waals surface area contributed by atoms with Crippen LogP contribution in [0.5, 0.6) is 5.75 Å². The standard InChI is InChI=1S/C11H12BrFO3/c1-3-16-11(14)10(12)8-6-7(13)4-5-9(8)15-2/h4-6,10H,3H2,1-2H3. The van der Waals surface area contributed by atoms with E-state index in [0.717, 1.165) is 0 Å². The number of carbonyl (C=O) groups excluding carboxylic acids is 1. The second-order valence-corrected chi connectivity index (χ2v) is 3.92. The van der Waals surface area contributed by atoms with Crippen LogP contribution in [-0.2, 0) is 9.53 Å². The summed E-state index contributed by atoms with van der Waals surface area (Å²) in [5.74, 6) is -0.452. The third-order valence-corrected chi connectivity index (χ3v) is 2.83. The number of hydrogen-bond donors (Lipinski definition) is 0. The minimum atomic E-state index is -0.724. The van der Waals surface area contributed by atoms with E-state index in [-0.39, 0.29) is 6.61 Å². The van der Waals surface area contributed by atoms with Crippen molar-refractivity contribution in [3.63, 3.8) is 0 Å². The predicted molar refractivity (Wildman–Crippen MR) is 61.3 cm³/mol. The zero-order valence-electron chi connectivity index (χ0n) is 9.00. The van der Waals surface area contributed by atoms with Gasteiger partial charge in [0, 0.05) is 5.56 Å². The molecular weight excluding hydrogens is 279 g/mol. The fourth-order valence-electron chi connectivity index (χ4n) is 1.25. The van der Waals surface area contributed by atoms with Gasteiger partial charge in [0.2, 0.25) is 0 Å². The number of rotatable bonds is 4. The number of benzene rings is 1. The van der Waals surface area contributed by atoms with Gasteiger partial charge in [0.15, 0.2) is 0 Å². The molecule has 0 heterocycles. The molecule has 16 heavy (non-hydrogen) atoms. The van der Waals surface area contributed by atoms with E-state index in [9.17, 15) is 9.18 Å². The minimum absolute atomic E-state index is 0.276. The molecule has 1 aromatic rings. The van der Waals surface area contributed by atoms with E-state index in [2.05, 4.69) is 15.9 Å². The van der Waals surface area contributed by atoms with Crippen LogP contribution in [0.2, 0.25) is 0 Å². The number of methoxy groups -OCH3 is 1. The molecule has 1 aromatic carbocycles. The lowest BCUT2D eigenvalue weighted by Gasteiger charge is -2.13. The highest BCUT2D eigenvalue weighted by atomic mass is 79.9. The SMILES string of the molecule is CCOC(=O)C(Br)c1cc(F)ccc1OC. The maximum atomic E-state index is 13.1. The lowest BCUT2D eigenvalue weighted by Crippen LogP contribution is -2.11. The first-order chi connectivity index (χ1) is 7.60. The van der Waals surface area contributed by atoms with Crippen LogP contribution in [0.3, 0.4) is 0 Å². The Morgan fingerprint density at radius 2 is 2.25 bits per heavy atom. The summed E-state index contributed by atoms with van der Waals surface area (Å²) in [4.78, 5) is 10.8. The first-order valence-corrected chi connectivity index (χ1v) is 5.65. The van der Waals surface area contributed by atoms with Crippen molar-refractivity contribution in [2.24, 2.45) is 0 Å². The molecule has 0 aliphatic heterocycles. The third kappa shape index (κ3) is 2.95. The average molecular weight is 291 g/mol. The summed E-state index contributed by atoms with van der Waals surface area (Å²) in [5, 5.41) is 0. The molecule has 0 saturated heterocycles. The molecule has 0 N–H and O–H groups in total. The number of halogens is 2. The summed E-state index contributed by atoms with van der Waals surface area (Å²) >= 11 is 3.16. The van der Waals surface area contributed by atoms with Crippen molar-refractivity contribution >= 4 is 21.9 Å². The summed E-state index contributed by atoms with van der Waals surface area (Å²) in [6.45, 7) is 1.99. The molecule has 5 heteroatoms. The summed E-state index contributed by atoms with van der Waals surface area (Å²) in [5.41, 5.74) is 0.418. The second kappa shape index (κ2) is 5.84. The molecular formula is C11H12BrFO3. The topological polar surface area (TPSA) is 35.5 Å². The normalized spacial score (nSPS) is 12.0. The van der Waals surface area contributed by atoms with Gasteiger partial charge in [-0.25, -0.2) is 4.39 Å². The van der Waals surface area contributed by atoms with Crippen molar-refractivity contribution < 1.29 is 18.7 Å². The zero-order chi connectivity index (χ0) is 12.1. The van der Waals surface area contributed by atoms with Crippen molar-refractivity contribution in [2.75, 3.05) is 13.7 Å². The Balaban J connectivity index is 3.01. The molecule has 1 atom stereocenters. The number of esters is 1. The van der Waals surface area contributed by atoms with Crippen molar-refractivity contribution in [1.29, 1.82) is 0 Å². The van der Waals surface area contributed by atoms with E-state index >= 15 is 0 Å². The Kier molecular flexibility index (Phi) is 4.73. The molecule has 0 fully saturated rings. The van der Waals surface area contributed by atoms with Crippen molar-refractivity contribution in [3.8, 4) is 5.75 Å². The molecule has 0 radical (unpaired) electrons. The van der Waals surface area contributed by atoms with Gasteiger partial charge in [0.25, 0.3) is 0 Å². The first kappa shape index (κ1) is 13.0. The molecule has 0 saturated carbocycles. The molecule has 1 rings (SSSR count). The number of alkyl halides is 1. The molecule has 0 aromatic heterocycles. The fourth-order valence-corrected chi connectivity index (χ4v) is 1.74. The molecule has 0 amide bonds.